The molecule has 2 aromatic carbocycles. The van der Waals surface area contributed by atoms with Gasteiger partial charge in [-0.3, -0.25) is 4.79 Å². The molecule has 0 unspecified atom stereocenters. The highest BCUT2D eigenvalue weighted by Crippen LogP contribution is 2.27. The Morgan fingerprint density at radius 3 is 2.64 bits per heavy atom. The van der Waals surface area contributed by atoms with E-state index in [1.54, 1.807) is 23.5 Å². The molecular weight excluding hydrogens is 458 g/mol. The molecule has 0 spiro atoms. The van der Waals surface area contributed by atoms with Crippen molar-refractivity contribution in [3.05, 3.63) is 70.2 Å². The van der Waals surface area contributed by atoms with Gasteiger partial charge >= 0.3 is 5.97 Å². The molecule has 0 atom stereocenters. The summed E-state index contributed by atoms with van der Waals surface area (Å²) in [6.45, 7) is 4.75. The summed E-state index contributed by atoms with van der Waals surface area (Å²) in [6.07, 6.45) is 0. The molecule has 1 aromatic heterocycles. The quantitative estimate of drug-likeness (QED) is 0.376. The molecule has 1 saturated heterocycles. The van der Waals surface area contributed by atoms with Crippen LogP contribution in [0, 0.1) is 6.92 Å². The van der Waals surface area contributed by atoms with Crippen LogP contribution in [0.3, 0.4) is 0 Å². The number of rotatable bonds is 8. The van der Waals surface area contributed by atoms with Crippen molar-refractivity contribution in [3.63, 3.8) is 0 Å². The lowest BCUT2D eigenvalue weighted by molar-refractivity contribution is -0.119. The van der Waals surface area contributed by atoms with Crippen molar-refractivity contribution < 1.29 is 19.1 Å². The summed E-state index contributed by atoms with van der Waals surface area (Å²) in [5, 5.41) is 5.80. The molecule has 0 bridgehead atoms. The number of hydrogen-bond acceptors (Lipinski definition) is 8. The first-order chi connectivity index (χ1) is 16.1. The highest BCUT2D eigenvalue weighted by Gasteiger charge is 2.16. The fraction of sp³-hybridized carbons (Fsp3) is 0.292. The third-order valence-electron chi connectivity index (χ3n) is 5.01. The molecular formula is C24H25N3O4S2. The number of thioether (sulfide) groups is 1. The number of hydrogen-bond donors (Lipinski definition) is 1. The van der Waals surface area contributed by atoms with Crippen molar-refractivity contribution in [2.24, 2.45) is 0 Å². The van der Waals surface area contributed by atoms with Crippen LogP contribution in [0.25, 0.3) is 0 Å². The van der Waals surface area contributed by atoms with Gasteiger partial charge in [0.15, 0.2) is 6.61 Å². The average molecular weight is 484 g/mol. The maximum absolute atomic E-state index is 12.6. The summed E-state index contributed by atoms with van der Waals surface area (Å²) >= 11 is 3.12. The maximum atomic E-state index is 12.6. The Morgan fingerprint density at radius 1 is 1.15 bits per heavy atom. The normalized spacial score (nSPS) is 13.5. The first kappa shape index (κ1) is 23.3. The third-order valence-corrected chi connectivity index (χ3v) is 6.94. The number of anilines is 2. The average Bonchev–Trinajstić information content (AvgIpc) is 3.27. The second-order valence-electron chi connectivity index (χ2n) is 7.41. The molecule has 1 N–H and O–H groups in total. The number of morpholine rings is 1. The second-order valence-corrected chi connectivity index (χ2v) is 9.49. The van der Waals surface area contributed by atoms with E-state index in [4.69, 9.17) is 9.47 Å². The lowest BCUT2D eigenvalue weighted by Crippen LogP contribution is -2.36. The van der Waals surface area contributed by atoms with E-state index < -0.39 is 5.97 Å². The molecule has 1 aliphatic heterocycles. The van der Waals surface area contributed by atoms with Crippen LogP contribution < -0.4 is 10.2 Å². The standard InChI is InChI=1S/C24H25N3O4S2/c1-17-25-19(15-32-17)16-33-22-5-3-2-4-21(22)24(29)31-14-23(28)26-18-6-8-20(9-7-18)27-10-12-30-13-11-27/h2-9,15H,10-14,16H2,1H3,(H,26,28). The third kappa shape index (κ3) is 6.56. The van der Waals surface area contributed by atoms with Crippen molar-refractivity contribution in [2.45, 2.75) is 17.6 Å². The molecule has 0 radical (unpaired) electrons. The van der Waals surface area contributed by atoms with Gasteiger partial charge in [-0.25, -0.2) is 9.78 Å². The van der Waals surface area contributed by atoms with E-state index in [0.717, 1.165) is 47.6 Å². The minimum atomic E-state index is -0.523. The maximum Gasteiger partial charge on any atom is 0.339 e. The van der Waals surface area contributed by atoms with Gasteiger partial charge in [0.2, 0.25) is 0 Å². The molecule has 4 rings (SSSR count). The van der Waals surface area contributed by atoms with Crippen LogP contribution in [0.4, 0.5) is 11.4 Å². The summed E-state index contributed by atoms with van der Waals surface area (Å²) < 4.78 is 10.7. The van der Waals surface area contributed by atoms with Gasteiger partial charge in [-0.15, -0.1) is 23.1 Å². The van der Waals surface area contributed by atoms with Crippen LogP contribution >= 0.6 is 23.1 Å². The zero-order chi connectivity index (χ0) is 23.0. The SMILES string of the molecule is Cc1nc(CSc2ccccc2C(=O)OCC(=O)Nc2ccc(N3CCOCC3)cc2)cs1. The fourth-order valence-electron chi connectivity index (χ4n) is 3.37. The topological polar surface area (TPSA) is 80.8 Å². The van der Waals surface area contributed by atoms with Crippen molar-refractivity contribution in [1.29, 1.82) is 0 Å². The molecule has 1 fully saturated rings. The number of amides is 1. The molecule has 33 heavy (non-hydrogen) atoms. The molecule has 172 valence electrons. The summed E-state index contributed by atoms with van der Waals surface area (Å²) in [5.41, 5.74) is 3.16. The van der Waals surface area contributed by atoms with Crippen molar-refractivity contribution in [2.75, 3.05) is 43.1 Å². The molecule has 9 heteroatoms. The lowest BCUT2D eigenvalue weighted by atomic mass is 10.2. The monoisotopic (exact) mass is 483 g/mol. The first-order valence-electron chi connectivity index (χ1n) is 10.6. The van der Waals surface area contributed by atoms with Gasteiger partial charge in [0, 0.05) is 40.5 Å². The number of nitrogens with zero attached hydrogens (tertiary/aromatic N) is 2. The Morgan fingerprint density at radius 2 is 1.91 bits per heavy atom. The Hall–Kier alpha value is -2.88. The number of nitrogens with one attached hydrogen (secondary N) is 1. The number of benzene rings is 2. The molecule has 1 aliphatic rings. The largest absolute Gasteiger partial charge is 0.452 e. The number of carbonyl (C=O) groups excluding carboxylic acids is 2. The van der Waals surface area contributed by atoms with E-state index in [9.17, 15) is 9.59 Å². The van der Waals surface area contributed by atoms with Crippen molar-refractivity contribution in [3.8, 4) is 0 Å². The Bertz CT molecular complexity index is 1100. The zero-order valence-corrected chi connectivity index (χ0v) is 19.9. The number of carbonyl (C=O) groups is 2. The van der Waals surface area contributed by atoms with Gasteiger partial charge < -0.3 is 19.7 Å². The minimum absolute atomic E-state index is 0.353. The van der Waals surface area contributed by atoms with Crippen LogP contribution in [0.2, 0.25) is 0 Å². The van der Waals surface area contributed by atoms with Crippen molar-refractivity contribution >= 4 is 46.3 Å². The van der Waals surface area contributed by atoms with Crippen LogP contribution in [0.1, 0.15) is 21.1 Å². The van der Waals surface area contributed by atoms with Gasteiger partial charge in [0.1, 0.15) is 0 Å². The van der Waals surface area contributed by atoms with Crippen LogP contribution in [0.5, 0.6) is 0 Å². The molecule has 0 aliphatic carbocycles. The zero-order valence-electron chi connectivity index (χ0n) is 18.3. The van der Waals surface area contributed by atoms with Crippen LogP contribution in [0.15, 0.2) is 58.8 Å². The van der Waals surface area contributed by atoms with E-state index in [2.05, 4.69) is 15.2 Å². The van der Waals surface area contributed by atoms with Crippen LogP contribution in [-0.2, 0) is 20.0 Å². The molecule has 1 amide bonds. The Kier molecular flexibility index (Phi) is 7.98. The summed E-state index contributed by atoms with van der Waals surface area (Å²) in [7, 11) is 0. The van der Waals surface area contributed by atoms with Gasteiger partial charge in [0.25, 0.3) is 5.91 Å². The number of esters is 1. The molecule has 3 aromatic rings. The minimum Gasteiger partial charge on any atom is -0.452 e. The lowest BCUT2D eigenvalue weighted by Gasteiger charge is -2.28. The van der Waals surface area contributed by atoms with Gasteiger partial charge in [-0.05, 0) is 43.3 Å². The Balaban J connectivity index is 1.28. The molecule has 0 saturated carbocycles. The van der Waals surface area contributed by atoms with E-state index >= 15 is 0 Å². The second kappa shape index (κ2) is 11.3. The van der Waals surface area contributed by atoms with E-state index in [1.165, 1.54) is 11.8 Å². The highest BCUT2D eigenvalue weighted by atomic mass is 32.2. The van der Waals surface area contributed by atoms with Crippen LogP contribution in [-0.4, -0.2) is 49.8 Å². The van der Waals surface area contributed by atoms with E-state index in [-0.39, 0.29) is 12.5 Å². The smallest absolute Gasteiger partial charge is 0.339 e. The van der Waals surface area contributed by atoms with Gasteiger partial charge in [-0.1, -0.05) is 12.1 Å². The number of thiazole rings is 1. The van der Waals surface area contributed by atoms with E-state index in [1.807, 2.05) is 48.7 Å². The van der Waals surface area contributed by atoms with E-state index in [0.29, 0.717) is 17.0 Å². The number of aryl methyl sites for hydroxylation is 1. The number of ether oxygens (including phenoxy) is 2. The fourth-order valence-corrected chi connectivity index (χ4v) is 5.02. The van der Waals surface area contributed by atoms with Gasteiger partial charge in [-0.2, -0.15) is 0 Å². The summed E-state index contributed by atoms with van der Waals surface area (Å²) in [4.78, 5) is 32.4. The molecule has 2 heterocycles. The molecule has 7 nitrogen and oxygen atoms in total. The van der Waals surface area contributed by atoms with Gasteiger partial charge in [0.05, 0.1) is 29.5 Å². The predicted molar refractivity (Wildman–Crippen MR) is 131 cm³/mol. The number of aromatic nitrogens is 1. The van der Waals surface area contributed by atoms with Crippen molar-refractivity contribution in [1.82, 2.24) is 4.98 Å². The highest BCUT2D eigenvalue weighted by molar-refractivity contribution is 7.98. The Labute approximate surface area is 201 Å². The summed E-state index contributed by atoms with van der Waals surface area (Å²) in [5.74, 6) is -0.244. The summed E-state index contributed by atoms with van der Waals surface area (Å²) in [6, 6.07) is 14.8. The predicted octanol–water partition coefficient (Wildman–Crippen LogP) is 4.38. The first-order valence-corrected chi connectivity index (χ1v) is 12.5.